The maximum atomic E-state index is 11.4. The van der Waals surface area contributed by atoms with Crippen molar-refractivity contribution in [1.29, 1.82) is 0 Å². The molecule has 1 amide bonds. The van der Waals surface area contributed by atoms with Gasteiger partial charge in [-0.05, 0) is 13.3 Å². The predicted octanol–water partition coefficient (Wildman–Crippen LogP) is -0.373. The van der Waals surface area contributed by atoms with Gasteiger partial charge in [0.2, 0.25) is 5.91 Å². The van der Waals surface area contributed by atoms with Crippen molar-refractivity contribution in [3.63, 3.8) is 0 Å². The molecule has 0 saturated heterocycles. The first-order chi connectivity index (χ1) is 6.93. The quantitative estimate of drug-likeness (QED) is 0.544. The lowest BCUT2D eigenvalue weighted by atomic mass is 10.0. The maximum Gasteiger partial charge on any atom is 0.239 e. The van der Waals surface area contributed by atoms with Crippen LogP contribution in [-0.2, 0) is 9.53 Å². The number of hydrogen-bond acceptors (Lipinski definition) is 4. The number of methoxy groups -OCH3 is 1. The number of nitrogens with one attached hydrogen (secondary N) is 1. The van der Waals surface area contributed by atoms with Crippen LogP contribution in [-0.4, -0.2) is 42.9 Å². The molecule has 15 heavy (non-hydrogen) atoms. The second-order valence-electron chi connectivity index (χ2n) is 4.03. The van der Waals surface area contributed by atoms with Crippen molar-refractivity contribution in [3.05, 3.63) is 0 Å². The number of carbonyl (C=O) groups excluding carboxylic acids is 1. The summed E-state index contributed by atoms with van der Waals surface area (Å²) in [5, 5.41) is 12.4. The fourth-order valence-electron chi connectivity index (χ4n) is 1.29. The molecule has 0 fully saturated rings. The summed E-state index contributed by atoms with van der Waals surface area (Å²) in [5.41, 5.74) is 4.65. The molecule has 4 N–H and O–H groups in total. The van der Waals surface area contributed by atoms with E-state index in [9.17, 15) is 9.90 Å². The molecule has 0 aliphatic rings. The first-order valence-electron chi connectivity index (χ1n) is 5.17. The normalized spacial score (nSPS) is 16.9. The maximum absolute atomic E-state index is 11.4. The lowest BCUT2D eigenvalue weighted by Gasteiger charge is -2.23. The molecule has 2 unspecified atom stereocenters. The highest BCUT2D eigenvalue weighted by Gasteiger charge is 2.21. The summed E-state index contributed by atoms with van der Waals surface area (Å²) in [6.07, 6.45) is 1.51. The Morgan fingerprint density at radius 2 is 2.27 bits per heavy atom. The van der Waals surface area contributed by atoms with Gasteiger partial charge in [0, 0.05) is 13.7 Å². The Morgan fingerprint density at radius 1 is 1.67 bits per heavy atom. The van der Waals surface area contributed by atoms with Crippen molar-refractivity contribution in [1.82, 2.24) is 5.32 Å². The molecule has 0 aromatic carbocycles. The van der Waals surface area contributed by atoms with Crippen molar-refractivity contribution in [2.24, 2.45) is 5.73 Å². The van der Waals surface area contributed by atoms with E-state index in [0.717, 1.165) is 6.42 Å². The van der Waals surface area contributed by atoms with Gasteiger partial charge in [0.25, 0.3) is 0 Å². The Morgan fingerprint density at radius 3 is 2.73 bits per heavy atom. The van der Waals surface area contributed by atoms with Gasteiger partial charge in [0.05, 0.1) is 12.2 Å². The molecular weight excluding hydrogens is 196 g/mol. The average Bonchev–Trinajstić information content (AvgIpc) is 2.14. The smallest absolute Gasteiger partial charge is 0.239 e. The lowest BCUT2D eigenvalue weighted by molar-refractivity contribution is -0.124. The van der Waals surface area contributed by atoms with Gasteiger partial charge in [-0.25, -0.2) is 0 Å². The summed E-state index contributed by atoms with van der Waals surface area (Å²) in [6.45, 7) is 4.07. The van der Waals surface area contributed by atoms with E-state index in [0.29, 0.717) is 6.42 Å². The zero-order valence-corrected chi connectivity index (χ0v) is 9.75. The van der Waals surface area contributed by atoms with Gasteiger partial charge in [-0.3, -0.25) is 4.79 Å². The summed E-state index contributed by atoms with van der Waals surface area (Å²) in [4.78, 5) is 11.4. The van der Waals surface area contributed by atoms with Crippen LogP contribution in [0.15, 0.2) is 0 Å². The minimum atomic E-state index is -0.864. The van der Waals surface area contributed by atoms with Crippen molar-refractivity contribution < 1.29 is 14.6 Å². The summed E-state index contributed by atoms with van der Waals surface area (Å²) < 4.78 is 4.76. The summed E-state index contributed by atoms with van der Waals surface area (Å²) >= 11 is 0. The van der Waals surface area contributed by atoms with Crippen LogP contribution >= 0.6 is 0 Å². The van der Waals surface area contributed by atoms with E-state index in [1.165, 1.54) is 7.11 Å². The fraction of sp³-hybridized carbons (Fsp3) is 0.900. The first-order valence-corrected chi connectivity index (χ1v) is 5.17. The number of amides is 1. The molecule has 0 spiro atoms. The largest absolute Gasteiger partial charge is 0.388 e. The van der Waals surface area contributed by atoms with Gasteiger partial charge in [0.15, 0.2) is 0 Å². The molecule has 0 bridgehead atoms. The van der Waals surface area contributed by atoms with E-state index >= 15 is 0 Å². The first kappa shape index (κ1) is 14.3. The summed E-state index contributed by atoms with van der Waals surface area (Å²) in [6, 6.07) is -0.674. The molecule has 0 rings (SSSR count). The highest BCUT2D eigenvalue weighted by molar-refractivity contribution is 5.81. The number of carbonyl (C=O) groups is 1. The third-order valence-electron chi connectivity index (χ3n) is 2.12. The Balaban J connectivity index is 3.88. The highest BCUT2D eigenvalue weighted by atomic mass is 16.5. The van der Waals surface area contributed by atoms with Crippen molar-refractivity contribution in [2.45, 2.75) is 38.3 Å². The van der Waals surface area contributed by atoms with Gasteiger partial charge in [-0.1, -0.05) is 13.3 Å². The molecule has 0 saturated carbocycles. The molecular formula is C10H22N2O3. The molecule has 90 valence electrons. The van der Waals surface area contributed by atoms with E-state index in [-0.39, 0.29) is 19.1 Å². The second-order valence-corrected chi connectivity index (χ2v) is 4.03. The van der Waals surface area contributed by atoms with E-state index < -0.39 is 11.6 Å². The zero-order valence-electron chi connectivity index (χ0n) is 9.75. The van der Waals surface area contributed by atoms with Crippen LogP contribution in [0.2, 0.25) is 0 Å². The van der Waals surface area contributed by atoms with Crippen LogP contribution < -0.4 is 11.1 Å². The second kappa shape index (κ2) is 6.76. The Bertz CT molecular complexity index is 195. The molecule has 0 radical (unpaired) electrons. The Hall–Kier alpha value is -0.650. The van der Waals surface area contributed by atoms with Crippen LogP contribution in [0.1, 0.15) is 26.7 Å². The van der Waals surface area contributed by atoms with Gasteiger partial charge in [-0.2, -0.15) is 0 Å². The van der Waals surface area contributed by atoms with Crippen molar-refractivity contribution in [2.75, 3.05) is 20.3 Å². The van der Waals surface area contributed by atoms with E-state index in [2.05, 4.69) is 5.32 Å². The standard InChI is InChI=1S/C10H22N2O3/c1-4-5-10(2,14)7-12-9(13)8(11)6-15-3/h8,14H,4-7,11H2,1-3H3,(H,12,13). The molecule has 0 heterocycles. The number of hydrogen-bond donors (Lipinski definition) is 3. The Kier molecular flexibility index (Phi) is 6.47. The average molecular weight is 218 g/mol. The Labute approximate surface area is 91.0 Å². The van der Waals surface area contributed by atoms with E-state index in [1.54, 1.807) is 6.92 Å². The number of rotatable bonds is 7. The van der Waals surface area contributed by atoms with Crippen molar-refractivity contribution in [3.8, 4) is 0 Å². The number of nitrogens with two attached hydrogens (primary N) is 1. The fourth-order valence-corrected chi connectivity index (χ4v) is 1.29. The number of ether oxygens (including phenoxy) is 1. The summed E-state index contributed by atoms with van der Waals surface area (Å²) in [7, 11) is 1.49. The van der Waals surface area contributed by atoms with Gasteiger partial charge in [-0.15, -0.1) is 0 Å². The van der Waals surface area contributed by atoms with Crippen LogP contribution in [0.5, 0.6) is 0 Å². The molecule has 5 heteroatoms. The monoisotopic (exact) mass is 218 g/mol. The van der Waals surface area contributed by atoms with Gasteiger partial charge >= 0.3 is 0 Å². The van der Waals surface area contributed by atoms with Crippen LogP contribution in [0, 0.1) is 0 Å². The van der Waals surface area contributed by atoms with Crippen molar-refractivity contribution >= 4 is 5.91 Å². The minimum Gasteiger partial charge on any atom is -0.388 e. The summed E-state index contributed by atoms with van der Waals surface area (Å²) in [5.74, 6) is -0.298. The lowest BCUT2D eigenvalue weighted by Crippen LogP contribution is -2.48. The molecule has 2 atom stereocenters. The third-order valence-corrected chi connectivity index (χ3v) is 2.12. The van der Waals surface area contributed by atoms with E-state index in [1.807, 2.05) is 6.92 Å². The van der Waals surface area contributed by atoms with Crippen LogP contribution in [0.4, 0.5) is 0 Å². The van der Waals surface area contributed by atoms with Gasteiger partial charge in [0.1, 0.15) is 6.04 Å². The predicted molar refractivity (Wildman–Crippen MR) is 58.4 cm³/mol. The molecule has 0 aliphatic carbocycles. The molecule has 0 aliphatic heterocycles. The van der Waals surface area contributed by atoms with Crippen LogP contribution in [0.3, 0.4) is 0 Å². The van der Waals surface area contributed by atoms with Gasteiger partial charge < -0.3 is 20.9 Å². The zero-order chi connectivity index (χ0) is 11.9. The minimum absolute atomic E-state index is 0.182. The number of aliphatic hydroxyl groups is 1. The third kappa shape index (κ3) is 6.43. The molecule has 0 aromatic heterocycles. The molecule has 5 nitrogen and oxygen atoms in total. The topological polar surface area (TPSA) is 84.6 Å². The van der Waals surface area contributed by atoms with Crippen LogP contribution in [0.25, 0.3) is 0 Å². The molecule has 0 aromatic rings. The SMILES string of the molecule is CCCC(C)(O)CNC(=O)C(N)COC. The van der Waals surface area contributed by atoms with E-state index in [4.69, 9.17) is 10.5 Å². The highest BCUT2D eigenvalue weighted by Crippen LogP contribution is 2.09.